The van der Waals surface area contributed by atoms with Gasteiger partial charge < -0.3 is 9.84 Å². The molecule has 0 fully saturated rings. The first kappa shape index (κ1) is 23.5. The molecule has 0 atom stereocenters. The fraction of sp³-hybridized carbons (Fsp3) is 0.357. The summed E-state index contributed by atoms with van der Waals surface area (Å²) in [5.41, 5.74) is -0.782. The monoisotopic (exact) mass is 432 g/mol. The molecule has 1 aromatic carbocycles. The molecule has 0 aromatic heterocycles. The maximum atomic E-state index is 13.5. The molecule has 3 nitrogen and oxygen atoms in total. The summed E-state index contributed by atoms with van der Waals surface area (Å²) < 4.78 is 145. The number of alkyl halides is 9. The van der Waals surface area contributed by atoms with Crippen molar-refractivity contribution in [1.29, 1.82) is 0 Å². The van der Waals surface area contributed by atoms with Gasteiger partial charge in [0.05, 0.1) is 0 Å². The number of carbonyl (C=O) groups is 1. The normalized spacial score (nSPS) is 14.6. The molecule has 1 aromatic rings. The average molecular weight is 432 g/mol. The molecule has 0 spiro atoms. The van der Waals surface area contributed by atoms with Crippen LogP contribution in [0.15, 0.2) is 30.0 Å². The molecule has 0 radical (unpaired) electrons. The Labute approximate surface area is 148 Å². The molecule has 0 aliphatic heterocycles. The molecule has 1 N–H and O–H groups in total. The maximum Gasteiger partial charge on any atom is 0.460 e. The number of ether oxygens (including phenoxy) is 1. The predicted octanol–water partition coefficient (Wildman–Crippen LogP) is 5.65. The Morgan fingerprint density at radius 2 is 1.43 bits per heavy atom. The summed E-state index contributed by atoms with van der Waals surface area (Å²) in [4.78, 5) is 10.9. The molecule has 0 amide bonds. The number of aryl methyl sites for hydroxylation is 1. The zero-order valence-corrected chi connectivity index (χ0v) is 13.2. The number of allylic oxidation sites excluding steroid dienone is 1. The van der Waals surface area contributed by atoms with Crippen LogP contribution in [0, 0.1) is 6.92 Å². The quantitative estimate of drug-likeness (QED) is 0.467. The van der Waals surface area contributed by atoms with Crippen molar-refractivity contribution in [2.45, 2.75) is 30.9 Å². The van der Waals surface area contributed by atoms with Crippen LogP contribution in [0.25, 0.3) is 0 Å². The number of carboxylic acids is 1. The lowest BCUT2D eigenvalue weighted by Gasteiger charge is -2.32. The Bertz CT molecular complexity index is 796. The van der Waals surface area contributed by atoms with Crippen molar-refractivity contribution in [1.82, 2.24) is 0 Å². The molecule has 1 rings (SSSR count). The Balaban J connectivity index is 3.43. The van der Waals surface area contributed by atoms with Crippen LogP contribution in [-0.2, 0) is 0 Å². The van der Waals surface area contributed by atoms with Crippen molar-refractivity contribution < 1.29 is 62.9 Å². The smallest absolute Gasteiger partial charge is 0.460 e. The van der Waals surface area contributed by atoms with Crippen LogP contribution in [0.5, 0.6) is 5.75 Å². The van der Waals surface area contributed by atoms with E-state index in [-0.39, 0.29) is 5.56 Å². The summed E-state index contributed by atoms with van der Waals surface area (Å²) in [5, 5.41) is 8.82. The van der Waals surface area contributed by atoms with Gasteiger partial charge in [0.15, 0.2) is 0 Å². The third-order valence-electron chi connectivity index (χ3n) is 3.16. The first-order chi connectivity index (χ1) is 12.4. The highest BCUT2D eigenvalue weighted by atomic mass is 19.4. The number of rotatable bonds is 6. The molecule has 0 bridgehead atoms. The zero-order chi connectivity index (χ0) is 22.3. The van der Waals surface area contributed by atoms with E-state index in [9.17, 15) is 53.1 Å². The number of hydrogen-bond donors (Lipinski definition) is 1. The van der Waals surface area contributed by atoms with E-state index in [1.165, 1.54) is 6.92 Å². The Morgan fingerprint density at radius 1 is 0.929 bits per heavy atom. The molecule has 0 saturated carbocycles. The van der Waals surface area contributed by atoms with Gasteiger partial charge in [-0.2, -0.15) is 48.3 Å². The van der Waals surface area contributed by atoms with Crippen molar-refractivity contribution in [3.05, 3.63) is 41.2 Å². The summed E-state index contributed by atoms with van der Waals surface area (Å²) >= 11 is 0. The minimum atomic E-state index is -7.45. The van der Waals surface area contributed by atoms with E-state index < -0.39 is 53.1 Å². The van der Waals surface area contributed by atoms with Gasteiger partial charge in [-0.15, -0.1) is 0 Å². The van der Waals surface area contributed by atoms with E-state index in [0.717, 1.165) is 12.1 Å². The zero-order valence-electron chi connectivity index (χ0n) is 13.2. The largest absolute Gasteiger partial charge is 0.478 e. The predicted molar refractivity (Wildman–Crippen MR) is 68.9 cm³/mol. The Kier molecular flexibility index (Phi) is 5.98. The molecule has 14 heteroatoms. The van der Waals surface area contributed by atoms with Crippen molar-refractivity contribution in [3.63, 3.8) is 0 Å². The number of hydrogen-bond acceptors (Lipinski definition) is 2. The van der Waals surface area contributed by atoms with E-state index in [1.807, 2.05) is 0 Å². The molecule has 0 aliphatic rings. The van der Waals surface area contributed by atoms with E-state index in [2.05, 4.69) is 4.74 Å². The van der Waals surface area contributed by atoms with E-state index in [4.69, 9.17) is 5.11 Å². The van der Waals surface area contributed by atoms with Crippen molar-refractivity contribution in [2.75, 3.05) is 0 Å². The third-order valence-corrected chi connectivity index (χ3v) is 3.16. The van der Waals surface area contributed by atoms with E-state index in [0.29, 0.717) is 6.07 Å². The second kappa shape index (κ2) is 7.13. The maximum absolute atomic E-state index is 13.5. The summed E-state index contributed by atoms with van der Waals surface area (Å²) in [6, 6.07) is -1.02. The van der Waals surface area contributed by atoms with Crippen LogP contribution in [0.2, 0.25) is 0 Å². The Hall–Kier alpha value is -2.54. The van der Waals surface area contributed by atoms with Gasteiger partial charge >= 0.3 is 35.9 Å². The van der Waals surface area contributed by atoms with Crippen LogP contribution in [-0.4, -0.2) is 35.0 Å². The minimum absolute atomic E-state index is 0.191. The molecular formula is C14H7F11O3. The van der Waals surface area contributed by atoms with Crippen molar-refractivity contribution >= 4 is 5.97 Å². The second-order valence-electron chi connectivity index (χ2n) is 5.22. The van der Waals surface area contributed by atoms with E-state index in [1.54, 1.807) is 0 Å². The van der Waals surface area contributed by atoms with Gasteiger partial charge in [0.25, 0.3) is 0 Å². The topological polar surface area (TPSA) is 46.5 Å². The average Bonchev–Trinajstić information content (AvgIpc) is 2.53. The summed E-state index contributed by atoms with van der Waals surface area (Å²) in [6.07, 6.45) is -7.23. The standard InChI is InChI=1S/C14H7F11O3/c1-5-2-3-7(6(4-5)10(26)27)28-9(16)8(15)11(17,18)12(19,20)13(21,22)14(23,24)25/h2-4H,1H3,(H,26,27). The van der Waals surface area contributed by atoms with Gasteiger partial charge in [-0.3, -0.25) is 0 Å². The number of halogens is 11. The van der Waals surface area contributed by atoms with E-state index >= 15 is 0 Å². The van der Waals surface area contributed by atoms with Crippen LogP contribution in [0.1, 0.15) is 15.9 Å². The SMILES string of the molecule is Cc1ccc(OC(F)=C(F)C(F)(F)C(F)(F)C(F)(F)C(F)(F)F)c(C(=O)O)c1. The number of benzene rings is 1. The van der Waals surface area contributed by atoms with Gasteiger partial charge in [-0.1, -0.05) is 11.6 Å². The van der Waals surface area contributed by atoms with Crippen molar-refractivity contribution in [2.24, 2.45) is 0 Å². The van der Waals surface area contributed by atoms with Crippen molar-refractivity contribution in [3.8, 4) is 5.75 Å². The van der Waals surface area contributed by atoms with Gasteiger partial charge in [-0.05, 0) is 19.1 Å². The van der Waals surface area contributed by atoms with Crippen LogP contribution < -0.4 is 4.74 Å². The summed E-state index contributed by atoms with van der Waals surface area (Å²) in [5.74, 6) is -29.1. The summed E-state index contributed by atoms with van der Waals surface area (Å²) in [7, 11) is 0. The fourth-order valence-electron chi connectivity index (χ4n) is 1.68. The first-order valence-corrected chi connectivity index (χ1v) is 6.65. The van der Waals surface area contributed by atoms with Crippen LogP contribution in [0.4, 0.5) is 48.3 Å². The molecule has 0 saturated heterocycles. The molecule has 0 heterocycles. The first-order valence-electron chi connectivity index (χ1n) is 6.65. The van der Waals surface area contributed by atoms with Crippen LogP contribution >= 0.6 is 0 Å². The lowest BCUT2D eigenvalue weighted by molar-refractivity contribution is -0.392. The second-order valence-corrected chi connectivity index (χ2v) is 5.22. The summed E-state index contributed by atoms with van der Waals surface area (Å²) in [6.45, 7) is 1.30. The molecule has 28 heavy (non-hydrogen) atoms. The Morgan fingerprint density at radius 3 is 1.86 bits per heavy atom. The lowest BCUT2D eigenvalue weighted by Crippen LogP contribution is -2.61. The van der Waals surface area contributed by atoms with Gasteiger partial charge in [0, 0.05) is 0 Å². The highest BCUT2D eigenvalue weighted by Gasteiger charge is 2.83. The lowest BCUT2D eigenvalue weighted by atomic mass is 10.0. The van der Waals surface area contributed by atoms with Crippen LogP contribution in [0.3, 0.4) is 0 Å². The minimum Gasteiger partial charge on any atom is -0.478 e. The third kappa shape index (κ3) is 3.85. The molecular weight excluding hydrogens is 425 g/mol. The molecule has 0 aliphatic carbocycles. The van der Waals surface area contributed by atoms with Gasteiger partial charge in [0.1, 0.15) is 11.3 Å². The number of aromatic carboxylic acids is 1. The van der Waals surface area contributed by atoms with Gasteiger partial charge in [-0.25, -0.2) is 4.79 Å². The fourth-order valence-corrected chi connectivity index (χ4v) is 1.68. The molecule has 0 unspecified atom stereocenters. The van der Waals surface area contributed by atoms with Gasteiger partial charge in [0.2, 0.25) is 5.83 Å². The number of carboxylic acid groups (broad SMARTS) is 1. The highest BCUT2D eigenvalue weighted by molar-refractivity contribution is 5.91. The highest BCUT2D eigenvalue weighted by Crippen LogP contribution is 2.55. The molecule has 158 valence electrons.